The molecule has 0 aliphatic heterocycles. The van der Waals surface area contributed by atoms with Crippen molar-refractivity contribution in [3.8, 4) is 11.4 Å². The number of hydrogen-bond donors (Lipinski definition) is 0. The molecule has 0 unspecified atom stereocenters. The first-order valence-corrected chi connectivity index (χ1v) is 8.93. The average Bonchev–Trinajstić information content (AvgIpc) is 3.01. The summed E-state index contributed by atoms with van der Waals surface area (Å²) in [5.74, 6) is -0.0555. The number of aryl methyl sites for hydroxylation is 1. The number of rotatable bonds is 7. The van der Waals surface area contributed by atoms with E-state index >= 15 is 0 Å². The maximum Gasteiger partial charge on any atom is 0.310 e. The Morgan fingerprint density at radius 1 is 1.00 bits per heavy atom. The van der Waals surface area contributed by atoms with Crippen LogP contribution in [0.25, 0.3) is 5.69 Å². The molecule has 0 aliphatic rings. The van der Waals surface area contributed by atoms with Crippen molar-refractivity contribution in [2.45, 2.75) is 20.3 Å². The van der Waals surface area contributed by atoms with Crippen LogP contribution >= 0.6 is 0 Å². The summed E-state index contributed by atoms with van der Waals surface area (Å²) in [6.45, 7) is 3.48. The van der Waals surface area contributed by atoms with Crippen LogP contribution in [0.4, 0.5) is 0 Å². The minimum atomic E-state index is -0.458. The van der Waals surface area contributed by atoms with Crippen LogP contribution in [-0.4, -0.2) is 35.2 Å². The molecule has 0 aliphatic carbocycles. The van der Waals surface area contributed by atoms with Gasteiger partial charge in [0.15, 0.2) is 12.4 Å². The van der Waals surface area contributed by atoms with Crippen LogP contribution in [0.15, 0.2) is 54.6 Å². The lowest BCUT2D eigenvalue weighted by atomic mass is 10.1. The van der Waals surface area contributed by atoms with E-state index in [1.54, 1.807) is 36.1 Å². The third kappa shape index (κ3) is 4.28. The van der Waals surface area contributed by atoms with E-state index in [9.17, 15) is 9.59 Å². The van der Waals surface area contributed by atoms with E-state index < -0.39 is 5.97 Å². The predicted octanol–water partition coefficient (Wildman–Crippen LogP) is 3.47. The van der Waals surface area contributed by atoms with Crippen LogP contribution in [0.1, 0.15) is 27.3 Å². The lowest BCUT2D eigenvalue weighted by Gasteiger charge is -2.07. The SMILES string of the molecule is COc1ccc(C(=O)COC(=O)Cc2c(C)nn(-c3ccccc3)c2C)cc1. The van der Waals surface area contributed by atoms with Gasteiger partial charge in [0.1, 0.15) is 5.75 Å². The summed E-state index contributed by atoms with van der Waals surface area (Å²) in [7, 11) is 1.56. The highest BCUT2D eigenvalue weighted by Gasteiger charge is 2.18. The molecular weight excluding hydrogens is 356 g/mol. The third-order valence-corrected chi connectivity index (χ3v) is 4.54. The van der Waals surface area contributed by atoms with Crippen LogP contribution in [0.2, 0.25) is 0 Å². The van der Waals surface area contributed by atoms with Crippen molar-refractivity contribution in [1.82, 2.24) is 9.78 Å². The number of nitrogens with zero attached hydrogens (tertiary/aromatic N) is 2. The van der Waals surface area contributed by atoms with Crippen molar-refractivity contribution in [1.29, 1.82) is 0 Å². The van der Waals surface area contributed by atoms with Crippen molar-refractivity contribution in [2.24, 2.45) is 0 Å². The number of benzene rings is 2. The molecule has 6 nitrogen and oxygen atoms in total. The highest BCUT2D eigenvalue weighted by molar-refractivity contribution is 5.98. The van der Waals surface area contributed by atoms with Gasteiger partial charge in [-0.2, -0.15) is 5.10 Å². The Hall–Kier alpha value is -3.41. The molecule has 1 heterocycles. The molecule has 0 spiro atoms. The molecule has 2 aromatic carbocycles. The van der Waals surface area contributed by atoms with E-state index in [1.165, 1.54) is 0 Å². The molecule has 3 rings (SSSR count). The van der Waals surface area contributed by atoms with Crippen LogP contribution in [0.3, 0.4) is 0 Å². The second kappa shape index (κ2) is 8.52. The number of carbonyl (C=O) groups excluding carboxylic acids is 2. The molecule has 6 heteroatoms. The smallest absolute Gasteiger partial charge is 0.310 e. The van der Waals surface area contributed by atoms with Gasteiger partial charge in [0.2, 0.25) is 0 Å². The lowest BCUT2D eigenvalue weighted by molar-refractivity contribution is -0.141. The summed E-state index contributed by atoms with van der Waals surface area (Å²) in [6.07, 6.45) is 0.0698. The Labute approximate surface area is 163 Å². The number of ether oxygens (including phenoxy) is 2. The number of methoxy groups -OCH3 is 1. The summed E-state index contributed by atoms with van der Waals surface area (Å²) in [4.78, 5) is 24.5. The number of para-hydroxylation sites is 1. The van der Waals surface area contributed by atoms with Gasteiger partial charge in [-0.05, 0) is 50.2 Å². The highest BCUT2D eigenvalue weighted by atomic mass is 16.5. The van der Waals surface area contributed by atoms with Gasteiger partial charge >= 0.3 is 5.97 Å². The molecule has 0 N–H and O–H groups in total. The van der Waals surface area contributed by atoms with Gasteiger partial charge in [0.05, 0.1) is 24.9 Å². The van der Waals surface area contributed by atoms with Gasteiger partial charge in [-0.25, -0.2) is 4.68 Å². The Kier molecular flexibility index (Phi) is 5.89. The molecule has 0 radical (unpaired) electrons. The first kappa shape index (κ1) is 19.4. The second-order valence-electron chi connectivity index (χ2n) is 6.39. The topological polar surface area (TPSA) is 70.4 Å². The minimum Gasteiger partial charge on any atom is -0.497 e. The fourth-order valence-electron chi connectivity index (χ4n) is 2.95. The van der Waals surface area contributed by atoms with E-state index in [1.807, 2.05) is 44.2 Å². The lowest BCUT2D eigenvalue weighted by Crippen LogP contribution is -2.16. The zero-order chi connectivity index (χ0) is 20.1. The monoisotopic (exact) mass is 378 g/mol. The van der Waals surface area contributed by atoms with Gasteiger partial charge in [0.25, 0.3) is 0 Å². The third-order valence-electron chi connectivity index (χ3n) is 4.54. The molecule has 0 saturated heterocycles. The molecule has 1 aromatic heterocycles. The predicted molar refractivity (Wildman–Crippen MR) is 105 cm³/mol. The van der Waals surface area contributed by atoms with Crippen LogP contribution in [0.5, 0.6) is 5.75 Å². The van der Waals surface area contributed by atoms with E-state index in [0.29, 0.717) is 11.3 Å². The number of Topliss-reactive ketones (excluding diaryl/α,β-unsaturated/α-hetero) is 1. The normalized spacial score (nSPS) is 10.5. The van der Waals surface area contributed by atoms with Crippen molar-refractivity contribution in [3.05, 3.63) is 77.1 Å². The van der Waals surface area contributed by atoms with Crippen molar-refractivity contribution < 1.29 is 19.1 Å². The molecular formula is C22H22N2O4. The Balaban J connectivity index is 1.63. The fourth-order valence-corrected chi connectivity index (χ4v) is 2.95. The highest BCUT2D eigenvalue weighted by Crippen LogP contribution is 2.19. The summed E-state index contributed by atoms with van der Waals surface area (Å²) in [6, 6.07) is 16.4. The van der Waals surface area contributed by atoms with Crippen LogP contribution in [-0.2, 0) is 16.0 Å². The molecule has 0 bridgehead atoms. The molecule has 0 fully saturated rings. The van der Waals surface area contributed by atoms with E-state index in [-0.39, 0.29) is 18.8 Å². The first-order chi connectivity index (χ1) is 13.5. The number of hydrogen-bond acceptors (Lipinski definition) is 5. The van der Waals surface area contributed by atoms with Crippen LogP contribution in [0, 0.1) is 13.8 Å². The molecule has 28 heavy (non-hydrogen) atoms. The Morgan fingerprint density at radius 2 is 1.68 bits per heavy atom. The Morgan fingerprint density at radius 3 is 2.32 bits per heavy atom. The molecule has 144 valence electrons. The number of esters is 1. The van der Waals surface area contributed by atoms with E-state index in [2.05, 4.69) is 5.10 Å². The maximum atomic E-state index is 12.3. The van der Waals surface area contributed by atoms with Gasteiger partial charge in [-0.15, -0.1) is 0 Å². The van der Waals surface area contributed by atoms with Gasteiger partial charge in [-0.1, -0.05) is 18.2 Å². The zero-order valence-electron chi connectivity index (χ0n) is 16.1. The quantitative estimate of drug-likeness (QED) is 0.465. The van der Waals surface area contributed by atoms with E-state index in [4.69, 9.17) is 9.47 Å². The molecule has 0 amide bonds. The summed E-state index contributed by atoms with van der Waals surface area (Å²) >= 11 is 0. The van der Waals surface area contributed by atoms with Crippen molar-refractivity contribution in [3.63, 3.8) is 0 Å². The Bertz CT molecular complexity index is 976. The van der Waals surface area contributed by atoms with Gasteiger partial charge < -0.3 is 9.47 Å². The number of ketones is 1. The van der Waals surface area contributed by atoms with Crippen LogP contribution < -0.4 is 4.74 Å². The summed E-state index contributed by atoms with van der Waals surface area (Å²) in [5, 5.41) is 4.52. The number of aromatic nitrogens is 2. The van der Waals surface area contributed by atoms with Gasteiger partial charge in [0, 0.05) is 16.8 Å². The van der Waals surface area contributed by atoms with Crippen molar-refractivity contribution >= 4 is 11.8 Å². The van der Waals surface area contributed by atoms with Crippen molar-refractivity contribution in [2.75, 3.05) is 13.7 Å². The second-order valence-corrected chi connectivity index (χ2v) is 6.39. The number of carbonyl (C=O) groups is 2. The molecule has 3 aromatic rings. The van der Waals surface area contributed by atoms with Gasteiger partial charge in [-0.3, -0.25) is 9.59 Å². The fraction of sp³-hybridized carbons (Fsp3) is 0.227. The zero-order valence-corrected chi connectivity index (χ0v) is 16.1. The summed E-state index contributed by atoms with van der Waals surface area (Å²) in [5.41, 5.74) is 3.85. The largest absolute Gasteiger partial charge is 0.497 e. The average molecular weight is 378 g/mol. The standard InChI is InChI=1S/C22H22N2O4/c1-15-20(16(2)24(23-15)18-7-5-4-6-8-18)13-22(26)28-14-21(25)17-9-11-19(27-3)12-10-17/h4-12H,13-14H2,1-3H3. The molecule has 0 saturated carbocycles. The first-order valence-electron chi connectivity index (χ1n) is 8.93. The summed E-state index contributed by atoms with van der Waals surface area (Å²) < 4.78 is 12.1. The molecule has 0 atom stereocenters. The maximum absolute atomic E-state index is 12.3. The van der Waals surface area contributed by atoms with E-state index in [0.717, 1.165) is 22.6 Å². The minimum absolute atomic E-state index is 0.0698.